The SMILES string of the molecule is [C-]#[N+]c1ccc(N2C(=O)[C@@]3(CCCC(C)(C)C3)N(c3ccc(C(=O)NC)c(F)c3)C2=S)cc1C. The van der Waals surface area contributed by atoms with Crippen LogP contribution in [0.4, 0.5) is 21.5 Å². The van der Waals surface area contributed by atoms with Crippen molar-refractivity contribution in [3.8, 4) is 0 Å². The van der Waals surface area contributed by atoms with Gasteiger partial charge in [-0.15, -0.1) is 0 Å². The van der Waals surface area contributed by atoms with Crippen molar-refractivity contribution in [2.24, 2.45) is 5.41 Å². The zero-order valence-corrected chi connectivity index (χ0v) is 20.6. The molecular formula is C26H27FN4O2S. The second-order valence-corrected chi connectivity index (χ2v) is 10.2. The lowest BCUT2D eigenvalue weighted by atomic mass is 9.67. The van der Waals surface area contributed by atoms with Crippen LogP contribution in [0.2, 0.25) is 0 Å². The van der Waals surface area contributed by atoms with E-state index in [1.807, 2.05) is 6.92 Å². The van der Waals surface area contributed by atoms with E-state index in [2.05, 4.69) is 24.0 Å². The van der Waals surface area contributed by atoms with Crippen molar-refractivity contribution in [1.82, 2.24) is 5.32 Å². The molecule has 176 valence electrons. The Kier molecular flexibility index (Phi) is 5.94. The Hall–Kier alpha value is -3.31. The highest BCUT2D eigenvalue weighted by molar-refractivity contribution is 7.81. The number of amides is 2. The molecule has 0 radical (unpaired) electrons. The Morgan fingerprint density at radius 3 is 2.47 bits per heavy atom. The lowest BCUT2D eigenvalue weighted by Crippen LogP contribution is -2.54. The molecule has 0 aromatic heterocycles. The summed E-state index contributed by atoms with van der Waals surface area (Å²) in [5.41, 5.74) is 1.17. The molecule has 2 aromatic rings. The summed E-state index contributed by atoms with van der Waals surface area (Å²) in [6.45, 7) is 13.4. The Morgan fingerprint density at radius 1 is 1.18 bits per heavy atom. The fourth-order valence-electron chi connectivity index (χ4n) is 5.33. The molecule has 1 heterocycles. The zero-order chi connectivity index (χ0) is 24.8. The average molecular weight is 479 g/mol. The number of benzene rings is 2. The van der Waals surface area contributed by atoms with E-state index in [4.69, 9.17) is 18.8 Å². The normalized spacial score (nSPS) is 21.6. The van der Waals surface area contributed by atoms with Crippen LogP contribution < -0.4 is 15.1 Å². The van der Waals surface area contributed by atoms with Crippen molar-refractivity contribution in [2.75, 3.05) is 16.8 Å². The molecule has 6 nitrogen and oxygen atoms in total. The monoisotopic (exact) mass is 478 g/mol. The number of anilines is 2. The molecule has 1 atom stereocenters. The predicted octanol–water partition coefficient (Wildman–Crippen LogP) is 5.52. The minimum absolute atomic E-state index is 0.0667. The molecule has 4 rings (SSSR count). The van der Waals surface area contributed by atoms with Gasteiger partial charge >= 0.3 is 0 Å². The summed E-state index contributed by atoms with van der Waals surface area (Å²) in [6, 6.07) is 9.56. The summed E-state index contributed by atoms with van der Waals surface area (Å²) < 4.78 is 15.0. The maximum Gasteiger partial charge on any atom is 0.259 e. The second kappa shape index (κ2) is 8.48. The second-order valence-electron chi connectivity index (χ2n) is 9.81. The first-order chi connectivity index (χ1) is 16.0. The molecule has 8 heteroatoms. The number of hydrogen-bond donors (Lipinski definition) is 1. The zero-order valence-electron chi connectivity index (χ0n) is 19.7. The minimum Gasteiger partial charge on any atom is -0.355 e. The quantitative estimate of drug-likeness (QED) is 0.466. The number of thiocarbonyl (C=S) groups is 1. The molecular weight excluding hydrogens is 451 g/mol. The predicted molar refractivity (Wildman–Crippen MR) is 135 cm³/mol. The van der Waals surface area contributed by atoms with Gasteiger partial charge in [0.1, 0.15) is 11.4 Å². The topological polar surface area (TPSA) is 57.0 Å². The standard InChI is InChI=1S/C26H27FN4O2S/c1-16-13-17(8-10-21(16)28-4)30-23(33)26(12-6-11-25(2,3)15-26)31(24(30)34)18-7-9-19(20(27)14-18)22(32)29-5/h7-10,13-14H,6,11-12,15H2,1-3,5H3,(H,29,32)/t26-/m0/s1. The number of carbonyl (C=O) groups excluding carboxylic acids is 2. The summed E-state index contributed by atoms with van der Waals surface area (Å²) in [6.07, 6.45) is 2.96. The fourth-order valence-corrected chi connectivity index (χ4v) is 5.79. The van der Waals surface area contributed by atoms with Crippen molar-refractivity contribution in [3.05, 3.63) is 64.8 Å². The lowest BCUT2D eigenvalue weighted by Gasteiger charge is -2.45. The summed E-state index contributed by atoms with van der Waals surface area (Å²) in [5, 5.41) is 2.70. The highest BCUT2D eigenvalue weighted by atomic mass is 32.1. The van der Waals surface area contributed by atoms with Gasteiger partial charge in [0.15, 0.2) is 10.8 Å². The molecule has 1 saturated heterocycles. The van der Waals surface area contributed by atoms with Crippen LogP contribution >= 0.6 is 12.2 Å². The summed E-state index contributed by atoms with van der Waals surface area (Å²) in [5.74, 6) is -1.33. The third-order valence-electron chi connectivity index (χ3n) is 6.87. The van der Waals surface area contributed by atoms with Crippen LogP contribution in [0.1, 0.15) is 55.5 Å². The molecule has 34 heavy (non-hydrogen) atoms. The number of carbonyl (C=O) groups is 2. The van der Waals surface area contributed by atoms with Crippen LogP contribution in [0.15, 0.2) is 36.4 Å². The van der Waals surface area contributed by atoms with Crippen LogP contribution in [-0.2, 0) is 4.79 Å². The van der Waals surface area contributed by atoms with Crippen LogP contribution in [-0.4, -0.2) is 29.5 Å². The van der Waals surface area contributed by atoms with Gasteiger partial charge in [-0.1, -0.05) is 26.3 Å². The average Bonchev–Trinajstić information content (AvgIpc) is 2.97. The van der Waals surface area contributed by atoms with E-state index < -0.39 is 17.3 Å². The number of halogens is 1. The van der Waals surface area contributed by atoms with Gasteiger partial charge in [-0.3, -0.25) is 14.5 Å². The van der Waals surface area contributed by atoms with Crippen LogP contribution in [0.3, 0.4) is 0 Å². The van der Waals surface area contributed by atoms with Crippen molar-refractivity contribution < 1.29 is 14.0 Å². The smallest absolute Gasteiger partial charge is 0.259 e. The fraction of sp³-hybridized carbons (Fsp3) is 0.385. The lowest BCUT2D eigenvalue weighted by molar-refractivity contribution is -0.123. The van der Waals surface area contributed by atoms with Gasteiger partial charge in [-0.05, 0) is 79.7 Å². The van der Waals surface area contributed by atoms with E-state index in [1.54, 1.807) is 29.2 Å². The Bertz CT molecular complexity index is 1250. The number of rotatable bonds is 3. The van der Waals surface area contributed by atoms with Gasteiger partial charge in [0.05, 0.1) is 12.1 Å². The molecule has 1 saturated carbocycles. The van der Waals surface area contributed by atoms with E-state index in [0.717, 1.165) is 18.4 Å². The third kappa shape index (κ3) is 3.74. The molecule has 2 fully saturated rings. The highest BCUT2D eigenvalue weighted by Crippen LogP contribution is 2.50. The molecule has 2 aromatic carbocycles. The molecule has 2 amide bonds. The van der Waals surface area contributed by atoms with Gasteiger partial charge in [0, 0.05) is 18.4 Å². The van der Waals surface area contributed by atoms with E-state index >= 15 is 0 Å². The Labute approximate surface area is 204 Å². The number of nitrogens with zero attached hydrogens (tertiary/aromatic N) is 3. The van der Waals surface area contributed by atoms with Gasteiger partial charge in [0.2, 0.25) is 0 Å². The molecule has 1 spiro atoms. The van der Waals surface area contributed by atoms with Crippen molar-refractivity contribution in [3.63, 3.8) is 0 Å². The molecule has 1 aliphatic heterocycles. The largest absolute Gasteiger partial charge is 0.355 e. The van der Waals surface area contributed by atoms with Crippen LogP contribution in [0, 0.1) is 24.7 Å². The van der Waals surface area contributed by atoms with Gasteiger partial charge in [-0.2, -0.15) is 0 Å². The summed E-state index contributed by atoms with van der Waals surface area (Å²) in [7, 11) is 1.45. The maximum atomic E-state index is 15.0. The van der Waals surface area contributed by atoms with Crippen LogP contribution in [0.5, 0.6) is 0 Å². The van der Waals surface area contributed by atoms with E-state index in [1.165, 1.54) is 24.1 Å². The first-order valence-corrected chi connectivity index (χ1v) is 11.6. The number of aryl methyl sites for hydroxylation is 1. The molecule has 0 bridgehead atoms. The Morgan fingerprint density at radius 2 is 1.88 bits per heavy atom. The van der Waals surface area contributed by atoms with E-state index in [0.29, 0.717) is 29.9 Å². The number of nitrogens with one attached hydrogen (secondary N) is 1. The van der Waals surface area contributed by atoms with Crippen LogP contribution in [0.25, 0.3) is 4.85 Å². The van der Waals surface area contributed by atoms with Crippen molar-refractivity contribution >= 4 is 46.2 Å². The van der Waals surface area contributed by atoms with E-state index in [-0.39, 0.29) is 22.0 Å². The van der Waals surface area contributed by atoms with Crippen molar-refractivity contribution in [2.45, 2.75) is 52.0 Å². The minimum atomic E-state index is -0.952. The summed E-state index contributed by atoms with van der Waals surface area (Å²) in [4.78, 5) is 32.9. The van der Waals surface area contributed by atoms with Crippen molar-refractivity contribution in [1.29, 1.82) is 0 Å². The molecule has 2 aliphatic rings. The van der Waals surface area contributed by atoms with Gasteiger partial charge in [-0.25, -0.2) is 9.24 Å². The molecule has 0 unspecified atom stereocenters. The first-order valence-electron chi connectivity index (χ1n) is 11.2. The molecule has 1 aliphatic carbocycles. The van der Waals surface area contributed by atoms with Gasteiger partial charge < -0.3 is 10.2 Å². The van der Waals surface area contributed by atoms with Gasteiger partial charge in [0.25, 0.3) is 11.8 Å². The Balaban J connectivity index is 1.87. The summed E-state index contributed by atoms with van der Waals surface area (Å²) >= 11 is 5.86. The molecule has 1 N–H and O–H groups in total. The third-order valence-corrected chi connectivity index (χ3v) is 7.23. The maximum absolute atomic E-state index is 15.0. The highest BCUT2D eigenvalue weighted by Gasteiger charge is 2.59. The number of hydrogen-bond acceptors (Lipinski definition) is 3. The van der Waals surface area contributed by atoms with E-state index in [9.17, 15) is 14.0 Å². The first kappa shape index (κ1) is 23.8.